The zero-order valence-corrected chi connectivity index (χ0v) is 21.9. The third-order valence-electron chi connectivity index (χ3n) is 7.09. The van der Waals surface area contributed by atoms with Crippen molar-refractivity contribution >= 4 is 20.3 Å². The predicted molar refractivity (Wildman–Crippen MR) is 129 cm³/mol. The Balaban J connectivity index is 1.90. The summed E-state index contributed by atoms with van der Waals surface area (Å²) in [6.07, 6.45) is -0.737. The second-order valence-electron chi connectivity index (χ2n) is 10.8. The van der Waals surface area contributed by atoms with Crippen LogP contribution < -0.4 is 0 Å². The Hall–Kier alpha value is -1.70. The summed E-state index contributed by atoms with van der Waals surface area (Å²) in [5.74, 6) is -0.800. The summed E-state index contributed by atoms with van der Waals surface area (Å²) in [6, 6.07) is 8.99. The zero-order chi connectivity index (χ0) is 24.3. The maximum atomic E-state index is 13.0. The van der Waals surface area contributed by atoms with Gasteiger partial charge >= 0.3 is 6.09 Å². The average molecular weight is 464 g/mol. The summed E-state index contributed by atoms with van der Waals surface area (Å²) in [5, 5.41) is 10.8. The van der Waals surface area contributed by atoms with E-state index in [1.54, 1.807) is 13.8 Å². The molecule has 0 unspecified atom stereocenters. The van der Waals surface area contributed by atoms with Crippen molar-refractivity contribution in [3.8, 4) is 0 Å². The highest BCUT2D eigenvalue weighted by Gasteiger charge is 2.45. The van der Waals surface area contributed by atoms with Crippen LogP contribution in [-0.2, 0) is 14.0 Å². The molecular weight excluding hydrogens is 422 g/mol. The molecule has 0 saturated carbocycles. The first-order chi connectivity index (χ1) is 14.8. The minimum absolute atomic E-state index is 0.159. The molecule has 2 amide bonds. The lowest BCUT2D eigenvalue weighted by molar-refractivity contribution is -0.136. The second kappa shape index (κ2) is 10.5. The summed E-state index contributed by atoms with van der Waals surface area (Å²) >= 11 is 0. The van der Waals surface area contributed by atoms with Gasteiger partial charge in [-0.15, -0.1) is 0 Å². The molecule has 1 fully saturated rings. The van der Waals surface area contributed by atoms with Crippen LogP contribution in [0.3, 0.4) is 0 Å². The fourth-order valence-electron chi connectivity index (χ4n) is 3.59. The van der Waals surface area contributed by atoms with Crippen LogP contribution in [0.25, 0.3) is 0 Å². The van der Waals surface area contributed by atoms with Gasteiger partial charge in [0.25, 0.3) is 0 Å². The van der Waals surface area contributed by atoms with E-state index in [1.807, 2.05) is 30.3 Å². The highest BCUT2D eigenvalue weighted by molar-refractivity contribution is 6.74. The Morgan fingerprint density at radius 2 is 1.78 bits per heavy atom. The standard InChI is InChI=1S/C25H41NO5Si/c1-17(16-30-32(7,8)25(4,5)6)14-15-21(27)18(2)23(28)26-19(3)22(31-24(26)29)20-12-10-9-11-13-20/h9-13,17-19,21-22,27H,14-16H2,1-8H3/t17-,18-,19-,21+,22-/m1/s1. The van der Waals surface area contributed by atoms with Crippen molar-refractivity contribution in [3.63, 3.8) is 0 Å². The molecule has 1 N–H and O–H groups in total. The molecule has 0 aliphatic carbocycles. The van der Waals surface area contributed by atoms with Crippen LogP contribution in [0, 0.1) is 11.8 Å². The summed E-state index contributed by atoms with van der Waals surface area (Å²) in [6.45, 7) is 17.4. The molecule has 1 aromatic carbocycles. The molecule has 0 aromatic heterocycles. The summed E-state index contributed by atoms with van der Waals surface area (Å²) in [7, 11) is -1.81. The summed E-state index contributed by atoms with van der Waals surface area (Å²) < 4.78 is 11.8. The Morgan fingerprint density at radius 1 is 1.19 bits per heavy atom. The fourth-order valence-corrected chi connectivity index (χ4v) is 4.72. The number of amides is 2. The van der Waals surface area contributed by atoms with Gasteiger partial charge in [-0.1, -0.05) is 65.0 Å². The van der Waals surface area contributed by atoms with E-state index in [-0.39, 0.29) is 11.0 Å². The number of carbonyl (C=O) groups excluding carboxylic acids is 2. The van der Waals surface area contributed by atoms with Crippen molar-refractivity contribution in [3.05, 3.63) is 35.9 Å². The molecule has 1 aliphatic heterocycles. The van der Waals surface area contributed by atoms with Crippen LogP contribution in [0.2, 0.25) is 18.1 Å². The van der Waals surface area contributed by atoms with Crippen LogP contribution in [0.15, 0.2) is 30.3 Å². The second-order valence-corrected chi connectivity index (χ2v) is 15.6. The van der Waals surface area contributed by atoms with E-state index < -0.39 is 44.5 Å². The molecule has 1 saturated heterocycles. The monoisotopic (exact) mass is 463 g/mol. The molecule has 6 nitrogen and oxygen atoms in total. The molecule has 1 aliphatic rings. The number of rotatable bonds is 9. The Bertz CT molecular complexity index is 776. The molecule has 7 heteroatoms. The van der Waals surface area contributed by atoms with Crippen LogP contribution in [0.1, 0.15) is 66.1 Å². The van der Waals surface area contributed by atoms with Crippen LogP contribution in [0.5, 0.6) is 0 Å². The molecule has 0 radical (unpaired) electrons. The minimum Gasteiger partial charge on any atom is -0.439 e. The third kappa shape index (κ3) is 6.20. The average Bonchev–Trinajstić information content (AvgIpc) is 3.03. The van der Waals surface area contributed by atoms with Gasteiger partial charge in [-0.3, -0.25) is 4.79 Å². The molecule has 0 bridgehead atoms. The fraction of sp³-hybridized carbons (Fsp3) is 0.680. The lowest BCUT2D eigenvalue weighted by atomic mass is 9.94. The van der Waals surface area contributed by atoms with Crippen molar-refractivity contribution < 1.29 is 23.9 Å². The van der Waals surface area contributed by atoms with Crippen LogP contribution in [0.4, 0.5) is 4.79 Å². The van der Waals surface area contributed by atoms with E-state index >= 15 is 0 Å². The van der Waals surface area contributed by atoms with E-state index in [2.05, 4.69) is 40.8 Å². The number of imide groups is 1. The van der Waals surface area contributed by atoms with Gasteiger partial charge in [0, 0.05) is 6.61 Å². The number of carbonyl (C=O) groups is 2. The Labute approximate surface area is 194 Å². The molecule has 1 heterocycles. The van der Waals surface area contributed by atoms with E-state index in [0.29, 0.717) is 13.0 Å². The summed E-state index contributed by atoms with van der Waals surface area (Å²) in [5.41, 5.74) is 0.854. The van der Waals surface area contributed by atoms with Gasteiger partial charge in [-0.25, -0.2) is 9.69 Å². The van der Waals surface area contributed by atoms with Gasteiger partial charge in [0.15, 0.2) is 8.32 Å². The van der Waals surface area contributed by atoms with Crippen molar-refractivity contribution in [2.45, 2.75) is 90.8 Å². The number of ether oxygens (including phenoxy) is 1. The number of cyclic esters (lactones) is 1. The van der Waals surface area contributed by atoms with Gasteiger partial charge in [-0.05, 0) is 49.4 Å². The maximum Gasteiger partial charge on any atom is 0.417 e. The number of nitrogens with zero attached hydrogens (tertiary/aromatic N) is 1. The van der Waals surface area contributed by atoms with E-state index in [4.69, 9.17) is 9.16 Å². The number of aliphatic hydroxyl groups excluding tert-OH is 1. The molecule has 32 heavy (non-hydrogen) atoms. The van der Waals surface area contributed by atoms with Gasteiger partial charge in [-0.2, -0.15) is 0 Å². The maximum absolute atomic E-state index is 13.0. The molecule has 5 atom stereocenters. The topological polar surface area (TPSA) is 76.1 Å². The van der Waals surface area contributed by atoms with E-state index in [1.165, 1.54) is 0 Å². The van der Waals surface area contributed by atoms with Crippen LogP contribution in [-0.4, -0.2) is 49.1 Å². The number of aliphatic hydroxyl groups is 1. The minimum atomic E-state index is -1.81. The smallest absolute Gasteiger partial charge is 0.417 e. The zero-order valence-electron chi connectivity index (χ0n) is 20.9. The first-order valence-electron chi connectivity index (χ1n) is 11.7. The normalized spacial score (nSPS) is 22.4. The van der Waals surface area contributed by atoms with Crippen molar-refractivity contribution in [1.82, 2.24) is 4.90 Å². The van der Waals surface area contributed by atoms with Crippen LogP contribution >= 0.6 is 0 Å². The largest absolute Gasteiger partial charge is 0.439 e. The van der Waals surface area contributed by atoms with Crippen molar-refractivity contribution in [2.24, 2.45) is 11.8 Å². The Kier molecular flexibility index (Phi) is 8.70. The van der Waals surface area contributed by atoms with E-state index in [0.717, 1.165) is 16.9 Å². The first kappa shape index (κ1) is 26.5. The van der Waals surface area contributed by atoms with Gasteiger partial charge < -0.3 is 14.3 Å². The number of hydrogen-bond acceptors (Lipinski definition) is 5. The molecule has 2 rings (SSSR count). The molecule has 0 spiro atoms. The number of hydrogen-bond donors (Lipinski definition) is 1. The molecule has 180 valence electrons. The Morgan fingerprint density at radius 3 is 2.34 bits per heavy atom. The predicted octanol–water partition coefficient (Wildman–Crippen LogP) is 5.53. The van der Waals surface area contributed by atoms with Crippen molar-refractivity contribution in [1.29, 1.82) is 0 Å². The lowest BCUT2D eigenvalue weighted by Crippen LogP contribution is -2.44. The third-order valence-corrected chi connectivity index (χ3v) is 11.6. The van der Waals surface area contributed by atoms with Gasteiger partial charge in [0.2, 0.25) is 5.91 Å². The number of benzene rings is 1. The quantitative estimate of drug-likeness (QED) is 0.487. The van der Waals surface area contributed by atoms with Crippen molar-refractivity contribution in [2.75, 3.05) is 6.61 Å². The molecule has 1 aromatic rings. The molecular formula is C25H41NO5Si. The highest BCUT2D eigenvalue weighted by atomic mass is 28.4. The van der Waals surface area contributed by atoms with Gasteiger partial charge in [0.1, 0.15) is 6.10 Å². The highest BCUT2D eigenvalue weighted by Crippen LogP contribution is 2.37. The first-order valence-corrected chi connectivity index (χ1v) is 14.6. The van der Waals surface area contributed by atoms with Gasteiger partial charge in [0.05, 0.1) is 18.1 Å². The van der Waals surface area contributed by atoms with E-state index in [9.17, 15) is 14.7 Å². The summed E-state index contributed by atoms with van der Waals surface area (Å²) in [4.78, 5) is 26.7. The SMILES string of the molecule is C[C@H](CC[C@H](O)[C@@H](C)C(=O)N1C(=O)O[C@@H](c2ccccc2)[C@H]1C)CO[Si](C)(C)C(C)(C)C. The lowest BCUT2D eigenvalue weighted by Gasteiger charge is -2.37.